The molecule has 0 bridgehead atoms. The fourth-order valence-corrected chi connectivity index (χ4v) is 2.04. The van der Waals surface area contributed by atoms with Crippen LogP contribution in [0.25, 0.3) is 0 Å². The first-order valence-corrected chi connectivity index (χ1v) is 6.06. The van der Waals surface area contributed by atoms with Gasteiger partial charge < -0.3 is 10.7 Å². The van der Waals surface area contributed by atoms with E-state index in [1.807, 2.05) is 19.1 Å². The van der Waals surface area contributed by atoms with Gasteiger partial charge in [0.25, 0.3) is 5.91 Å². The Morgan fingerprint density at radius 3 is 2.76 bits per heavy atom. The number of rotatable bonds is 4. The van der Waals surface area contributed by atoms with Gasteiger partial charge in [0.15, 0.2) is 0 Å². The van der Waals surface area contributed by atoms with Crippen LogP contribution in [0.1, 0.15) is 35.2 Å². The highest BCUT2D eigenvalue weighted by molar-refractivity contribution is 5.96. The van der Waals surface area contributed by atoms with E-state index in [-0.39, 0.29) is 5.91 Å². The molecule has 0 aliphatic heterocycles. The summed E-state index contributed by atoms with van der Waals surface area (Å²) in [5, 5.41) is 2.99. The zero-order valence-corrected chi connectivity index (χ0v) is 10.1. The molecule has 0 aromatic heterocycles. The minimum absolute atomic E-state index is 0.0120. The van der Waals surface area contributed by atoms with Crippen LogP contribution in [0.3, 0.4) is 0 Å². The van der Waals surface area contributed by atoms with E-state index in [1.54, 1.807) is 6.07 Å². The largest absolute Gasteiger partial charge is 0.352 e. The van der Waals surface area contributed by atoms with Crippen molar-refractivity contribution in [3.63, 3.8) is 0 Å². The van der Waals surface area contributed by atoms with Gasteiger partial charge in [0.2, 0.25) is 0 Å². The first kappa shape index (κ1) is 11.9. The van der Waals surface area contributed by atoms with Crippen molar-refractivity contribution in [1.82, 2.24) is 5.32 Å². The molecule has 1 saturated carbocycles. The second kappa shape index (κ2) is 5.19. The van der Waals surface area contributed by atoms with Crippen molar-refractivity contribution in [3.05, 3.63) is 29.3 Å². The lowest BCUT2D eigenvalue weighted by molar-refractivity contribution is 0.0938. The second-order valence-electron chi connectivity index (χ2n) is 4.68. The average molecular weight is 233 g/mol. The van der Waals surface area contributed by atoms with Crippen LogP contribution >= 0.6 is 0 Å². The number of benzene rings is 1. The standard InChI is InChI=1S/C13H19N3O/c1-9-7-11(16-14)5-6-12(9)13(17)15-8-10-3-2-4-10/h5-7,10,16H,2-4,8,14H2,1H3,(H,15,17). The van der Waals surface area contributed by atoms with Crippen molar-refractivity contribution in [1.29, 1.82) is 0 Å². The molecular formula is C13H19N3O. The summed E-state index contributed by atoms with van der Waals surface area (Å²) in [6, 6.07) is 5.49. The number of hydrogen-bond donors (Lipinski definition) is 3. The Bertz CT molecular complexity index is 413. The Balaban J connectivity index is 1.97. The van der Waals surface area contributed by atoms with E-state index in [1.165, 1.54) is 19.3 Å². The molecule has 1 fully saturated rings. The molecule has 0 heterocycles. The SMILES string of the molecule is Cc1cc(NN)ccc1C(=O)NCC1CCC1. The van der Waals surface area contributed by atoms with Gasteiger partial charge >= 0.3 is 0 Å². The normalized spacial score (nSPS) is 15.2. The Morgan fingerprint density at radius 2 is 2.24 bits per heavy atom. The third-order valence-electron chi connectivity index (χ3n) is 3.41. The van der Waals surface area contributed by atoms with Crippen LogP contribution in [0.4, 0.5) is 5.69 Å². The lowest BCUT2D eigenvalue weighted by Gasteiger charge is -2.25. The fraction of sp³-hybridized carbons (Fsp3) is 0.462. The number of carbonyl (C=O) groups excluding carboxylic acids is 1. The summed E-state index contributed by atoms with van der Waals surface area (Å²) in [7, 11) is 0. The number of amides is 1. The molecule has 4 heteroatoms. The molecule has 2 rings (SSSR count). The monoisotopic (exact) mass is 233 g/mol. The third-order valence-corrected chi connectivity index (χ3v) is 3.41. The number of hydrogen-bond acceptors (Lipinski definition) is 3. The first-order chi connectivity index (χ1) is 8.20. The molecule has 4 nitrogen and oxygen atoms in total. The van der Waals surface area contributed by atoms with E-state index >= 15 is 0 Å². The van der Waals surface area contributed by atoms with Crippen molar-refractivity contribution >= 4 is 11.6 Å². The highest BCUT2D eigenvalue weighted by Gasteiger charge is 2.18. The highest BCUT2D eigenvalue weighted by atomic mass is 16.1. The Morgan fingerprint density at radius 1 is 1.47 bits per heavy atom. The lowest BCUT2D eigenvalue weighted by Crippen LogP contribution is -2.32. The van der Waals surface area contributed by atoms with Crippen LogP contribution in [-0.2, 0) is 0 Å². The predicted octanol–water partition coefficient (Wildman–Crippen LogP) is 1.81. The summed E-state index contributed by atoms with van der Waals surface area (Å²) in [6.45, 7) is 2.72. The smallest absolute Gasteiger partial charge is 0.251 e. The van der Waals surface area contributed by atoms with Gasteiger partial charge in [-0.3, -0.25) is 10.6 Å². The van der Waals surface area contributed by atoms with Crippen LogP contribution in [-0.4, -0.2) is 12.5 Å². The molecule has 0 atom stereocenters. The quantitative estimate of drug-likeness (QED) is 0.549. The Hall–Kier alpha value is -1.55. The maximum Gasteiger partial charge on any atom is 0.251 e. The van der Waals surface area contributed by atoms with Crippen LogP contribution in [0.5, 0.6) is 0 Å². The van der Waals surface area contributed by atoms with E-state index in [4.69, 9.17) is 5.84 Å². The molecular weight excluding hydrogens is 214 g/mol. The van der Waals surface area contributed by atoms with Crippen LogP contribution in [0, 0.1) is 12.8 Å². The molecule has 1 aliphatic rings. The Kier molecular flexibility index (Phi) is 3.64. The molecule has 1 amide bonds. The van der Waals surface area contributed by atoms with Crippen LogP contribution < -0.4 is 16.6 Å². The molecule has 4 N–H and O–H groups in total. The summed E-state index contributed by atoms with van der Waals surface area (Å²) < 4.78 is 0. The molecule has 92 valence electrons. The summed E-state index contributed by atoms with van der Waals surface area (Å²) in [6.07, 6.45) is 3.79. The average Bonchev–Trinajstić information content (AvgIpc) is 2.26. The summed E-state index contributed by atoms with van der Waals surface area (Å²) in [5.41, 5.74) is 5.05. The van der Waals surface area contributed by atoms with Crippen molar-refractivity contribution in [2.75, 3.05) is 12.0 Å². The first-order valence-electron chi connectivity index (χ1n) is 6.06. The summed E-state index contributed by atoms with van der Waals surface area (Å²) in [4.78, 5) is 11.9. The van der Waals surface area contributed by atoms with E-state index in [2.05, 4.69) is 10.7 Å². The van der Waals surface area contributed by atoms with Gasteiger partial charge in [-0.1, -0.05) is 6.42 Å². The number of nitrogens with one attached hydrogen (secondary N) is 2. The summed E-state index contributed by atoms with van der Waals surface area (Å²) in [5.74, 6) is 6.01. The molecule has 1 aromatic carbocycles. The molecule has 0 unspecified atom stereocenters. The number of nitrogens with two attached hydrogens (primary N) is 1. The number of carbonyl (C=O) groups is 1. The minimum atomic E-state index is 0.0120. The predicted molar refractivity (Wildman–Crippen MR) is 68.7 cm³/mol. The van der Waals surface area contributed by atoms with Crippen LogP contribution in [0.2, 0.25) is 0 Å². The van der Waals surface area contributed by atoms with Crippen molar-refractivity contribution in [2.24, 2.45) is 11.8 Å². The van der Waals surface area contributed by atoms with Gasteiger partial charge in [-0.25, -0.2) is 0 Å². The molecule has 1 aliphatic carbocycles. The van der Waals surface area contributed by atoms with Crippen molar-refractivity contribution < 1.29 is 4.79 Å². The molecule has 1 aromatic rings. The zero-order valence-electron chi connectivity index (χ0n) is 10.1. The number of aryl methyl sites for hydroxylation is 1. The second-order valence-corrected chi connectivity index (χ2v) is 4.68. The topological polar surface area (TPSA) is 67.1 Å². The molecule has 0 radical (unpaired) electrons. The maximum atomic E-state index is 11.9. The van der Waals surface area contributed by atoms with E-state index in [0.717, 1.165) is 23.4 Å². The van der Waals surface area contributed by atoms with Crippen LogP contribution in [0.15, 0.2) is 18.2 Å². The fourth-order valence-electron chi connectivity index (χ4n) is 2.04. The van der Waals surface area contributed by atoms with E-state index in [9.17, 15) is 4.79 Å². The number of hydrazine groups is 1. The van der Waals surface area contributed by atoms with Gasteiger partial charge in [-0.2, -0.15) is 0 Å². The molecule has 0 spiro atoms. The van der Waals surface area contributed by atoms with Gasteiger partial charge in [-0.15, -0.1) is 0 Å². The van der Waals surface area contributed by atoms with Gasteiger partial charge in [0.1, 0.15) is 0 Å². The Labute approximate surface area is 102 Å². The molecule has 0 saturated heterocycles. The minimum Gasteiger partial charge on any atom is -0.352 e. The van der Waals surface area contributed by atoms with Gasteiger partial charge in [0.05, 0.1) is 0 Å². The number of nitrogen functional groups attached to an aromatic ring is 1. The van der Waals surface area contributed by atoms with Gasteiger partial charge in [-0.05, 0) is 49.4 Å². The maximum absolute atomic E-state index is 11.9. The zero-order chi connectivity index (χ0) is 12.3. The highest BCUT2D eigenvalue weighted by Crippen LogP contribution is 2.25. The van der Waals surface area contributed by atoms with E-state index in [0.29, 0.717) is 5.92 Å². The summed E-state index contributed by atoms with van der Waals surface area (Å²) >= 11 is 0. The van der Waals surface area contributed by atoms with Crippen molar-refractivity contribution in [2.45, 2.75) is 26.2 Å². The van der Waals surface area contributed by atoms with E-state index < -0.39 is 0 Å². The van der Waals surface area contributed by atoms with Crippen molar-refractivity contribution in [3.8, 4) is 0 Å². The van der Waals surface area contributed by atoms with Gasteiger partial charge in [0, 0.05) is 17.8 Å². The lowest BCUT2D eigenvalue weighted by atomic mass is 9.85. The third kappa shape index (κ3) is 2.77. The molecule has 17 heavy (non-hydrogen) atoms. The number of anilines is 1.